The number of nitrogens with one attached hydrogen (secondary N) is 4. The molecule has 180 valence electrons. The van der Waals surface area contributed by atoms with Gasteiger partial charge >= 0.3 is 0 Å². The summed E-state index contributed by atoms with van der Waals surface area (Å²) in [6.45, 7) is 0. The van der Waals surface area contributed by atoms with Gasteiger partial charge in [-0.1, -0.05) is 11.6 Å². The molecule has 0 aromatic heterocycles. The van der Waals surface area contributed by atoms with E-state index in [1.165, 1.54) is 18.2 Å². The first-order valence-corrected chi connectivity index (χ1v) is 11.2. The lowest BCUT2D eigenvalue weighted by Gasteiger charge is -2.11. The predicted molar refractivity (Wildman–Crippen MR) is 143 cm³/mol. The highest BCUT2D eigenvalue weighted by Gasteiger charge is 2.14. The van der Waals surface area contributed by atoms with E-state index in [9.17, 15) is 9.59 Å². The molecule has 0 aliphatic rings. The largest absolute Gasteiger partial charge is 0.373 e. The molecular formula is C26H27ClN6O2. The maximum Gasteiger partial charge on any atom is 0.255 e. The Kier molecular flexibility index (Phi) is 8.58. The van der Waals surface area contributed by atoms with E-state index in [0.717, 1.165) is 22.8 Å². The molecule has 0 saturated carbocycles. The summed E-state index contributed by atoms with van der Waals surface area (Å²) >= 11 is 6.22. The van der Waals surface area contributed by atoms with Gasteiger partial charge in [-0.3, -0.25) is 19.6 Å². The van der Waals surface area contributed by atoms with E-state index >= 15 is 0 Å². The first-order chi connectivity index (χ1) is 16.9. The van der Waals surface area contributed by atoms with Crippen LogP contribution in [0.4, 0.5) is 11.4 Å². The third-order valence-corrected chi connectivity index (χ3v) is 5.39. The molecule has 0 fully saturated rings. The lowest BCUT2D eigenvalue weighted by molar-refractivity contribution is 0.102. The summed E-state index contributed by atoms with van der Waals surface area (Å²) < 4.78 is 0. The molecule has 8 nitrogen and oxygen atoms in total. The first kappa shape index (κ1) is 25.5. The molecule has 0 saturated heterocycles. The Morgan fingerprint density at radius 1 is 0.629 bits per heavy atom. The predicted octanol–water partition coefficient (Wildman–Crippen LogP) is 4.04. The van der Waals surface area contributed by atoms with Crippen LogP contribution in [-0.4, -0.2) is 51.7 Å². The minimum atomic E-state index is -0.380. The number of hydrogen-bond donors (Lipinski definition) is 4. The van der Waals surface area contributed by atoms with Crippen LogP contribution in [0.25, 0.3) is 0 Å². The van der Waals surface area contributed by atoms with E-state index < -0.39 is 0 Å². The van der Waals surface area contributed by atoms with Crippen molar-refractivity contribution in [1.29, 1.82) is 0 Å². The maximum atomic E-state index is 12.8. The van der Waals surface area contributed by atoms with Crippen LogP contribution >= 0.6 is 11.6 Å². The molecule has 4 N–H and O–H groups in total. The molecular weight excluding hydrogens is 464 g/mol. The lowest BCUT2D eigenvalue weighted by Crippen LogP contribution is -2.19. The van der Waals surface area contributed by atoms with E-state index in [0.29, 0.717) is 11.4 Å². The quantitative estimate of drug-likeness (QED) is 0.309. The number of aliphatic imine (C=N–C) groups is 2. The number of hydrogen-bond acceptors (Lipinski definition) is 4. The third kappa shape index (κ3) is 6.45. The summed E-state index contributed by atoms with van der Waals surface area (Å²) in [5, 5.41) is 11.9. The second-order valence-corrected chi connectivity index (χ2v) is 7.87. The lowest BCUT2D eigenvalue weighted by atomic mass is 10.1. The summed E-state index contributed by atoms with van der Waals surface area (Å²) in [6, 6.07) is 19.0. The number of amides is 2. The highest BCUT2D eigenvalue weighted by atomic mass is 35.5. The number of rotatable bonds is 6. The van der Waals surface area contributed by atoms with Gasteiger partial charge in [0.2, 0.25) is 0 Å². The van der Waals surface area contributed by atoms with Crippen molar-refractivity contribution in [3.63, 3.8) is 0 Å². The third-order valence-electron chi connectivity index (χ3n) is 5.18. The van der Waals surface area contributed by atoms with Gasteiger partial charge in [-0.2, -0.15) is 0 Å². The highest BCUT2D eigenvalue weighted by Crippen LogP contribution is 2.19. The van der Waals surface area contributed by atoms with Crippen LogP contribution in [0.1, 0.15) is 31.8 Å². The van der Waals surface area contributed by atoms with E-state index in [1.54, 1.807) is 52.5 Å². The second kappa shape index (κ2) is 11.8. The molecule has 9 heteroatoms. The van der Waals surface area contributed by atoms with Crippen molar-refractivity contribution >= 4 is 46.5 Å². The number of amidine groups is 2. The number of carbonyl (C=O) groups is 2. The van der Waals surface area contributed by atoms with Crippen LogP contribution in [0.2, 0.25) is 5.02 Å². The molecule has 3 aromatic carbocycles. The summed E-state index contributed by atoms with van der Waals surface area (Å²) in [7, 11) is 6.98. The fraction of sp³-hybridized carbons (Fsp3) is 0.154. The molecule has 0 radical (unpaired) electrons. The molecule has 0 aliphatic heterocycles. The summed E-state index contributed by atoms with van der Waals surface area (Å²) in [6.07, 6.45) is 0. The minimum absolute atomic E-state index is 0.269. The van der Waals surface area contributed by atoms with Crippen LogP contribution in [-0.2, 0) is 0 Å². The molecule has 3 aromatic rings. The Hall–Kier alpha value is -4.17. The standard InChI is InChI=1S/C26H27ClN6O2/c1-28-23(29-2)16-5-9-21(10-6-16)32-25(34)18-13-19(15-20(27)14-18)26(35)33-22-11-7-17(8-12-22)24(30-3)31-4/h5-15H,1-4H3,(H,28,29)(H,30,31)(H,32,34)(H,33,35). The van der Waals surface area contributed by atoms with Gasteiger partial charge in [0, 0.05) is 66.8 Å². The smallest absolute Gasteiger partial charge is 0.255 e. The molecule has 2 amide bonds. The number of halogens is 1. The molecule has 0 heterocycles. The van der Waals surface area contributed by atoms with Gasteiger partial charge in [-0.15, -0.1) is 0 Å². The van der Waals surface area contributed by atoms with Crippen LogP contribution in [0, 0.1) is 0 Å². The molecule has 0 aliphatic carbocycles. The highest BCUT2D eigenvalue weighted by molar-refractivity contribution is 6.31. The van der Waals surface area contributed by atoms with E-state index in [-0.39, 0.29) is 28.0 Å². The Morgan fingerprint density at radius 2 is 1.00 bits per heavy atom. The van der Waals surface area contributed by atoms with Crippen LogP contribution in [0.15, 0.2) is 76.7 Å². The number of benzene rings is 3. The average molecular weight is 491 g/mol. The minimum Gasteiger partial charge on any atom is -0.373 e. The number of carbonyl (C=O) groups excluding carboxylic acids is 2. The SMILES string of the molecule is CN=C(NC)c1ccc(NC(=O)c2cc(Cl)cc(C(=O)Nc3ccc(C(=NC)NC)cc3)c2)cc1. The summed E-state index contributed by atoms with van der Waals surface area (Å²) in [5.74, 6) is 0.721. The molecule has 0 atom stereocenters. The molecule has 0 unspecified atom stereocenters. The van der Waals surface area contributed by atoms with Crippen molar-refractivity contribution in [1.82, 2.24) is 10.6 Å². The fourth-order valence-corrected chi connectivity index (χ4v) is 3.69. The molecule has 35 heavy (non-hydrogen) atoms. The normalized spacial score (nSPS) is 11.6. The van der Waals surface area contributed by atoms with Gasteiger partial charge in [0.15, 0.2) is 0 Å². The zero-order valence-electron chi connectivity index (χ0n) is 19.9. The van der Waals surface area contributed by atoms with Crippen LogP contribution in [0.5, 0.6) is 0 Å². The summed E-state index contributed by atoms with van der Waals surface area (Å²) in [5.41, 5.74) is 3.54. The Labute approximate surface area is 209 Å². The Balaban J connectivity index is 1.73. The van der Waals surface area contributed by atoms with E-state index in [1.807, 2.05) is 24.3 Å². The molecule has 0 spiro atoms. The van der Waals surface area contributed by atoms with E-state index in [4.69, 9.17) is 11.6 Å². The van der Waals surface area contributed by atoms with Crippen LogP contribution < -0.4 is 21.3 Å². The van der Waals surface area contributed by atoms with Crippen molar-refractivity contribution in [2.45, 2.75) is 0 Å². The average Bonchev–Trinajstić information content (AvgIpc) is 2.87. The van der Waals surface area contributed by atoms with Crippen molar-refractivity contribution in [3.8, 4) is 0 Å². The topological polar surface area (TPSA) is 107 Å². The Morgan fingerprint density at radius 3 is 1.31 bits per heavy atom. The van der Waals surface area contributed by atoms with E-state index in [2.05, 4.69) is 31.3 Å². The van der Waals surface area contributed by atoms with Gasteiger partial charge in [0.1, 0.15) is 11.7 Å². The van der Waals surface area contributed by atoms with Crippen molar-refractivity contribution in [2.75, 3.05) is 38.8 Å². The van der Waals surface area contributed by atoms with Gasteiger partial charge in [0.25, 0.3) is 11.8 Å². The number of anilines is 2. The van der Waals surface area contributed by atoms with Gasteiger partial charge in [0.05, 0.1) is 0 Å². The molecule has 3 rings (SSSR count). The van der Waals surface area contributed by atoms with Crippen molar-refractivity contribution < 1.29 is 9.59 Å². The maximum absolute atomic E-state index is 12.8. The van der Waals surface area contributed by atoms with Gasteiger partial charge in [-0.25, -0.2) is 0 Å². The van der Waals surface area contributed by atoms with Crippen LogP contribution in [0.3, 0.4) is 0 Å². The fourth-order valence-electron chi connectivity index (χ4n) is 3.45. The molecule has 0 bridgehead atoms. The Bertz CT molecular complexity index is 1170. The summed E-state index contributed by atoms with van der Waals surface area (Å²) in [4.78, 5) is 34.0. The zero-order chi connectivity index (χ0) is 25.4. The number of nitrogens with zero attached hydrogens (tertiary/aromatic N) is 2. The first-order valence-electron chi connectivity index (χ1n) is 10.8. The van der Waals surface area contributed by atoms with Crippen molar-refractivity contribution in [3.05, 3.63) is 94.0 Å². The monoisotopic (exact) mass is 490 g/mol. The van der Waals surface area contributed by atoms with Gasteiger partial charge in [-0.05, 0) is 66.7 Å². The van der Waals surface area contributed by atoms with Gasteiger partial charge < -0.3 is 21.3 Å². The van der Waals surface area contributed by atoms with Crippen molar-refractivity contribution in [2.24, 2.45) is 9.98 Å². The zero-order valence-corrected chi connectivity index (χ0v) is 20.7. The second-order valence-electron chi connectivity index (χ2n) is 7.44.